The van der Waals surface area contributed by atoms with Crippen LogP contribution in [0.3, 0.4) is 0 Å². The van der Waals surface area contributed by atoms with Crippen LogP contribution in [0.5, 0.6) is 0 Å². The molecular weight excluding hydrogens is 304 g/mol. The standard InChI is InChI=1S/C15H11ClN4S/c16-15-19-13-11(3-5-17-13)14(20-15)18-8-9-1-2-12-10(7-9)4-6-21-12/h1-7H,8H2,(H2,17,18,19,20). The van der Waals surface area contributed by atoms with Crippen molar-refractivity contribution in [1.29, 1.82) is 0 Å². The number of thiophene rings is 1. The van der Waals surface area contributed by atoms with Crippen LogP contribution in [-0.2, 0) is 6.54 Å². The molecule has 0 radical (unpaired) electrons. The fourth-order valence-corrected chi connectivity index (χ4v) is 3.30. The highest BCUT2D eigenvalue weighted by molar-refractivity contribution is 7.17. The highest BCUT2D eigenvalue weighted by Gasteiger charge is 2.07. The Balaban J connectivity index is 1.64. The van der Waals surface area contributed by atoms with Crippen molar-refractivity contribution >= 4 is 49.9 Å². The summed E-state index contributed by atoms with van der Waals surface area (Å²) in [5.74, 6) is 0.747. The Morgan fingerprint density at radius 3 is 3.10 bits per heavy atom. The van der Waals surface area contributed by atoms with Crippen molar-refractivity contribution in [3.8, 4) is 0 Å². The summed E-state index contributed by atoms with van der Waals surface area (Å²) in [4.78, 5) is 11.5. The highest BCUT2D eigenvalue weighted by Crippen LogP contribution is 2.24. The molecule has 0 amide bonds. The summed E-state index contributed by atoms with van der Waals surface area (Å²) in [7, 11) is 0. The van der Waals surface area contributed by atoms with E-state index in [-0.39, 0.29) is 5.28 Å². The minimum atomic E-state index is 0.237. The molecular formula is C15H11ClN4S. The predicted molar refractivity (Wildman–Crippen MR) is 88.1 cm³/mol. The summed E-state index contributed by atoms with van der Waals surface area (Å²) in [6.07, 6.45) is 1.83. The molecule has 104 valence electrons. The SMILES string of the molecule is Clc1nc(NCc2ccc3sccc3c2)c2cc[nH]c2n1. The van der Waals surface area contributed by atoms with E-state index in [2.05, 4.69) is 49.9 Å². The fourth-order valence-electron chi connectivity index (χ4n) is 2.36. The number of halogens is 1. The molecule has 0 atom stereocenters. The van der Waals surface area contributed by atoms with Crippen LogP contribution in [0.1, 0.15) is 5.56 Å². The molecule has 4 rings (SSSR count). The first-order chi connectivity index (χ1) is 10.3. The topological polar surface area (TPSA) is 53.6 Å². The fraction of sp³-hybridized carbons (Fsp3) is 0.0667. The lowest BCUT2D eigenvalue weighted by molar-refractivity contribution is 1.10. The summed E-state index contributed by atoms with van der Waals surface area (Å²) in [5.41, 5.74) is 1.95. The zero-order valence-electron chi connectivity index (χ0n) is 10.9. The molecule has 4 nitrogen and oxygen atoms in total. The molecule has 0 fully saturated rings. The number of aromatic amines is 1. The van der Waals surface area contributed by atoms with E-state index in [1.54, 1.807) is 11.3 Å². The van der Waals surface area contributed by atoms with E-state index < -0.39 is 0 Å². The van der Waals surface area contributed by atoms with E-state index in [9.17, 15) is 0 Å². The Bertz CT molecular complexity index is 928. The van der Waals surface area contributed by atoms with Crippen molar-refractivity contribution in [1.82, 2.24) is 15.0 Å². The molecule has 1 aromatic carbocycles. The molecule has 3 heterocycles. The van der Waals surface area contributed by atoms with E-state index in [0.29, 0.717) is 6.54 Å². The van der Waals surface area contributed by atoms with E-state index >= 15 is 0 Å². The van der Waals surface area contributed by atoms with Gasteiger partial charge in [-0.3, -0.25) is 0 Å². The molecule has 0 aliphatic carbocycles. The number of nitrogens with zero attached hydrogens (tertiary/aromatic N) is 2. The van der Waals surface area contributed by atoms with Crippen molar-refractivity contribution in [2.24, 2.45) is 0 Å². The van der Waals surface area contributed by atoms with Crippen molar-refractivity contribution in [2.45, 2.75) is 6.54 Å². The number of hydrogen-bond acceptors (Lipinski definition) is 4. The maximum atomic E-state index is 5.95. The molecule has 0 saturated carbocycles. The number of benzene rings is 1. The van der Waals surface area contributed by atoms with Crippen molar-refractivity contribution in [3.05, 3.63) is 52.8 Å². The Hall–Kier alpha value is -2.11. The van der Waals surface area contributed by atoms with Gasteiger partial charge in [0.25, 0.3) is 0 Å². The van der Waals surface area contributed by atoms with Gasteiger partial charge in [-0.05, 0) is 52.2 Å². The zero-order chi connectivity index (χ0) is 14.2. The molecule has 0 unspecified atom stereocenters. The first-order valence-electron chi connectivity index (χ1n) is 6.50. The maximum absolute atomic E-state index is 5.95. The number of aromatic nitrogens is 3. The quantitative estimate of drug-likeness (QED) is 0.550. The molecule has 0 aliphatic rings. The zero-order valence-corrected chi connectivity index (χ0v) is 12.5. The van der Waals surface area contributed by atoms with Gasteiger partial charge in [0.1, 0.15) is 11.5 Å². The second-order valence-corrected chi connectivity index (χ2v) is 6.01. The van der Waals surface area contributed by atoms with Crippen LogP contribution in [0.4, 0.5) is 5.82 Å². The summed E-state index contributed by atoms with van der Waals surface area (Å²) < 4.78 is 1.30. The van der Waals surface area contributed by atoms with Gasteiger partial charge in [0, 0.05) is 17.4 Å². The number of anilines is 1. The summed E-state index contributed by atoms with van der Waals surface area (Å²) in [6, 6.07) is 10.5. The van der Waals surface area contributed by atoms with Gasteiger partial charge in [-0.25, -0.2) is 4.98 Å². The van der Waals surface area contributed by atoms with Crippen LogP contribution in [0.15, 0.2) is 41.9 Å². The Kier molecular flexibility index (Phi) is 3.02. The summed E-state index contributed by atoms with van der Waals surface area (Å²) in [6.45, 7) is 0.694. The maximum Gasteiger partial charge on any atom is 0.226 e. The lowest BCUT2D eigenvalue weighted by Gasteiger charge is -2.07. The van der Waals surface area contributed by atoms with Crippen LogP contribution in [0, 0.1) is 0 Å². The van der Waals surface area contributed by atoms with Gasteiger partial charge in [0.2, 0.25) is 5.28 Å². The smallest absolute Gasteiger partial charge is 0.226 e. The molecule has 0 aliphatic heterocycles. The van der Waals surface area contributed by atoms with Gasteiger partial charge >= 0.3 is 0 Å². The average molecular weight is 315 g/mol. The lowest BCUT2D eigenvalue weighted by Crippen LogP contribution is -2.02. The largest absolute Gasteiger partial charge is 0.365 e. The normalized spacial score (nSPS) is 11.3. The molecule has 2 N–H and O–H groups in total. The van der Waals surface area contributed by atoms with Gasteiger partial charge < -0.3 is 10.3 Å². The third-order valence-corrected chi connectivity index (χ3v) is 4.43. The van der Waals surface area contributed by atoms with Crippen molar-refractivity contribution in [2.75, 3.05) is 5.32 Å². The highest BCUT2D eigenvalue weighted by atomic mass is 35.5. The average Bonchev–Trinajstić information content (AvgIpc) is 3.12. The van der Waals surface area contributed by atoms with Crippen LogP contribution < -0.4 is 5.32 Å². The van der Waals surface area contributed by atoms with Crippen molar-refractivity contribution < 1.29 is 0 Å². The van der Waals surface area contributed by atoms with E-state index in [0.717, 1.165) is 16.9 Å². The van der Waals surface area contributed by atoms with Crippen molar-refractivity contribution in [3.63, 3.8) is 0 Å². The second-order valence-electron chi connectivity index (χ2n) is 4.73. The lowest BCUT2D eigenvalue weighted by atomic mass is 10.1. The second kappa shape index (κ2) is 5.02. The number of nitrogens with one attached hydrogen (secondary N) is 2. The van der Waals surface area contributed by atoms with Gasteiger partial charge in [0.05, 0.1) is 5.39 Å². The molecule has 4 aromatic rings. The van der Waals surface area contributed by atoms with E-state index in [1.165, 1.54) is 15.6 Å². The number of fused-ring (bicyclic) bond motifs is 2. The molecule has 6 heteroatoms. The number of hydrogen-bond donors (Lipinski definition) is 2. The first kappa shape index (κ1) is 12.6. The minimum absolute atomic E-state index is 0.237. The van der Waals surface area contributed by atoms with E-state index in [1.807, 2.05) is 12.3 Å². The van der Waals surface area contributed by atoms with Gasteiger partial charge in [-0.2, -0.15) is 4.98 Å². The minimum Gasteiger partial charge on any atom is -0.365 e. The van der Waals surface area contributed by atoms with Gasteiger partial charge in [-0.15, -0.1) is 11.3 Å². The predicted octanol–water partition coefficient (Wildman–Crippen LogP) is 4.44. The van der Waals surface area contributed by atoms with Gasteiger partial charge in [0.15, 0.2) is 0 Å². The monoisotopic (exact) mass is 314 g/mol. The first-order valence-corrected chi connectivity index (χ1v) is 7.76. The third-order valence-electron chi connectivity index (χ3n) is 3.37. The number of H-pyrrole nitrogens is 1. The molecule has 3 aromatic heterocycles. The van der Waals surface area contributed by atoms with Crippen LogP contribution in [0.25, 0.3) is 21.1 Å². The molecule has 0 spiro atoms. The molecule has 0 saturated heterocycles. The van der Waals surface area contributed by atoms with Crippen LogP contribution >= 0.6 is 22.9 Å². The Morgan fingerprint density at radius 1 is 1.19 bits per heavy atom. The Morgan fingerprint density at radius 2 is 2.14 bits per heavy atom. The molecule has 0 bridgehead atoms. The number of rotatable bonds is 3. The van der Waals surface area contributed by atoms with Crippen LogP contribution in [-0.4, -0.2) is 15.0 Å². The Labute approximate surface area is 129 Å². The van der Waals surface area contributed by atoms with Gasteiger partial charge in [-0.1, -0.05) is 6.07 Å². The summed E-state index contributed by atoms with van der Waals surface area (Å²) >= 11 is 7.70. The molecule has 21 heavy (non-hydrogen) atoms. The van der Waals surface area contributed by atoms with Crippen LogP contribution in [0.2, 0.25) is 5.28 Å². The summed E-state index contributed by atoms with van der Waals surface area (Å²) in [5, 5.41) is 7.89. The third kappa shape index (κ3) is 2.34. The van der Waals surface area contributed by atoms with E-state index in [4.69, 9.17) is 11.6 Å².